The van der Waals surface area contributed by atoms with Gasteiger partial charge < -0.3 is 5.43 Å². The van der Waals surface area contributed by atoms with Crippen molar-refractivity contribution in [2.45, 2.75) is 0 Å². The number of nitrogens with one attached hydrogen (secondary N) is 1. The van der Waals surface area contributed by atoms with Crippen LogP contribution in [0.15, 0.2) is 10.9 Å². The van der Waals surface area contributed by atoms with Crippen LogP contribution in [0, 0.1) is 0 Å². The molecule has 68 valence electrons. The Hall–Kier alpha value is -1.21. The van der Waals surface area contributed by atoms with Gasteiger partial charge in [0.05, 0.1) is 5.39 Å². The molecular weight excluding hydrogens is 236 g/mol. The van der Waals surface area contributed by atoms with Gasteiger partial charge in [-0.25, -0.2) is 20.5 Å². The molecule has 0 aromatic carbocycles. The first kappa shape index (κ1) is 8.39. The Balaban J connectivity index is 2.88. The number of hydrogen-bond acceptors (Lipinski definition) is 5. The van der Waals surface area contributed by atoms with Gasteiger partial charge in [-0.1, -0.05) is 0 Å². The Bertz CT molecular complexity index is 450. The molecule has 13 heavy (non-hydrogen) atoms. The number of fused-ring (bicyclic) bond motifs is 1. The molecule has 2 heterocycles. The molecule has 0 bridgehead atoms. The summed E-state index contributed by atoms with van der Waals surface area (Å²) in [6.45, 7) is 0. The van der Waals surface area contributed by atoms with Crippen molar-refractivity contribution in [3.05, 3.63) is 10.9 Å². The molecule has 0 aliphatic carbocycles. The summed E-state index contributed by atoms with van der Waals surface area (Å²) in [7, 11) is 1.81. The van der Waals surface area contributed by atoms with Crippen molar-refractivity contribution >= 4 is 32.8 Å². The fourth-order valence-electron chi connectivity index (χ4n) is 1.15. The maximum Gasteiger partial charge on any atom is 0.164 e. The Labute approximate surface area is 82.3 Å². The number of hydrogen-bond donors (Lipinski definition) is 2. The minimum atomic E-state index is 0.560. The van der Waals surface area contributed by atoms with Crippen molar-refractivity contribution < 1.29 is 0 Å². The van der Waals surface area contributed by atoms with Crippen LogP contribution in [0.5, 0.6) is 0 Å². The lowest BCUT2D eigenvalue weighted by Gasteiger charge is -1.98. The standard InChI is InChI=1S/C6H7BrN6/c1-13-6-3(4(7)12-13)5(11-8)9-2-10-6/h2H,8H2,1H3,(H,9,10,11). The largest absolute Gasteiger partial charge is 0.308 e. The van der Waals surface area contributed by atoms with Crippen LogP contribution in [0.3, 0.4) is 0 Å². The third kappa shape index (κ3) is 1.16. The molecule has 0 fully saturated rings. The first-order valence-electron chi connectivity index (χ1n) is 3.54. The van der Waals surface area contributed by atoms with E-state index in [0.29, 0.717) is 10.4 Å². The normalized spacial score (nSPS) is 10.7. The predicted octanol–water partition coefficient (Wildman–Crippen LogP) is 0.411. The van der Waals surface area contributed by atoms with Gasteiger partial charge >= 0.3 is 0 Å². The molecule has 0 spiro atoms. The highest BCUT2D eigenvalue weighted by atomic mass is 79.9. The van der Waals surface area contributed by atoms with Gasteiger partial charge in [-0.2, -0.15) is 5.10 Å². The zero-order valence-electron chi connectivity index (χ0n) is 6.82. The van der Waals surface area contributed by atoms with Crippen LogP contribution in [0.25, 0.3) is 11.0 Å². The zero-order valence-corrected chi connectivity index (χ0v) is 8.41. The van der Waals surface area contributed by atoms with Gasteiger partial charge in [-0.3, -0.25) is 0 Å². The molecule has 0 saturated carbocycles. The minimum absolute atomic E-state index is 0.560. The van der Waals surface area contributed by atoms with E-state index in [9.17, 15) is 0 Å². The summed E-state index contributed by atoms with van der Waals surface area (Å²) in [5.74, 6) is 5.86. The Morgan fingerprint density at radius 2 is 2.31 bits per heavy atom. The number of anilines is 1. The summed E-state index contributed by atoms with van der Waals surface area (Å²) in [5.41, 5.74) is 3.22. The first-order chi connectivity index (χ1) is 6.24. The summed E-state index contributed by atoms with van der Waals surface area (Å²) in [4.78, 5) is 8.04. The third-order valence-electron chi connectivity index (χ3n) is 1.71. The first-order valence-corrected chi connectivity index (χ1v) is 4.33. The van der Waals surface area contributed by atoms with Gasteiger partial charge in [-0.05, 0) is 15.9 Å². The van der Waals surface area contributed by atoms with E-state index >= 15 is 0 Å². The highest BCUT2D eigenvalue weighted by Gasteiger charge is 2.11. The molecule has 0 aliphatic heterocycles. The molecule has 0 saturated heterocycles. The maximum atomic E-state index is 5.30. The van der Waals surface area contributed by atoms with E-state index in [1.54, 1.807) is 11.7 Å². The maximum absolute atomic E-state index is 5.30. The second kappa shape index (κ2) is 2.93. The molecule has 0 aliphatic rings. The number of nitrogen functional groups attached to an aromatic ring is 1. The molecule has 7 heteroatoms. The number of halogens is 1. The molecule has 0 unspecified atom stereocenters. The highest BCUT2D eigenvalue weighted by Crippen LogP contribution is 2.25. The summed E-state index contributed by atoms with van der Waals surface area (Å²) in [6.07, 6.45) is 1.44. The van der Waals surface area contributed by atoms with Gasteiger partial charge in [0, 0.05) is 7.05 Å². The van der Waals surface area contributed by atoms with Gasteiger partial charge in [0.1, 0.15) is 10.9 Å². The number of hydrazine groups is 1. The van der Waals surface area contributed by atoms with Crippen molar-refractivity contribution in [2.24, 2.45) is 12.9 Å². The van der Waals surface area contributed by atoms with Crippen molar-refractivity contribution in [3.63, 3.8) is 0 Å². The molecule has 0 amide bonds. The molecule has 0 radical (unpaired) electrons. The van der Waals surface area contributed by atoms with E-state index in [0.717, 1.165) is 11.0 Å². The molecular formula is C6H7BrN6. The van der Waals surface area contributed by atoms with Crippen LogP contribution in [0.4, 0.5) is 5.82 Å². The van der Waals surface area contributed by atoms with Crippen molar-refractivity contribution in [3.8, 4) is 0 Å². The number of nitrogens with two attached hydrogens (primary N) is 1. The van der Waals surface area contributed by atoms with Gasteiger partial charge in [-0.15, -0.1) is 0 Å². The van der Waals surface area contributed by atoms with E-state index in [1.807, 2.05) is 0 Å². The van der Waals surface area contributed by atoms with Crippen LogP contribution in [-0.2, 0) is 7.05 Å². The second-order valence-corrected chi connectivity index (χ2v) is 3.23. The molecule has 6 nitrogen and oxygen atoms in total. The Morgan fingerprint density at radius 1 is 1.54 bits per heavy atom. The monoisotopic (exact) mass is 242 g/mol. The lowest BCUT2D eigenvalue weighted by Crippen LogP contribution is -2.09. The Kier molecular flexibility index (Phi) is 1.89. The predicted molar refractivity (Wildman–Crippen MR) is 51.8 cm³/mol. The van der Waals surface area contributed by atoms with Gasteiger partial charge in [0.15, 0.2) is 11.5 Å². The van der Waals surface area contributed by atoms with E-state index in [2.05, 4.69) is 36.4 Å². The lowest BCUT2D eigenvalue weighted by molar-refractivity contribution is 0.777. The average Bonchev–Trinajstić information content (AvgIpc) is 2.43. The third-order valence-corrected chi connectivity index (χ3v) is 2.27. The summed E-state index contributed by atoms with van der Waals surface area (Å²) < 4.78 is 2.33. The summed E-state index contributed by atoms with van der Waals surface area (Å²) in [6, 6.07) is 0. The summed E-state index contributed by atoms with van der Waals surface area (Å²) in [5, 5.41) is 4.92. The molecule has 2 rings (SSSR count). The Morgan fingerprint density at radius 3 is 3.00 bits per heavy atom. The zero-order chi connectivity index (χ0) is 9.42. The highest BCUT2D eigenvalue weighted by molar-refractivity contribution is 9.10. The lowest BCUT2D eigenvalue weighted by atomic mass is 10.4. The fraction of sp³-hybridized carbons (Fsp3) is 0.167. The second-order valence-electron chi connectivity index (χ2n) is 2.48. The van der Waals surface area contributed by atoms with Crippen LogP contribution in [0.2, 0.25) is 0 Å². The summed E-state index contributed by atoms with van der Waals surface area (Å²) >= 11 is 3.30. The van der Waals surface area contributed by atoms with Crippen molar-refractivity contribution in [1.29, 1.82) is 0 Å². The SMILES string of the molecule is Cn1nc(Br)c2c(NN)ncnc21. The smallest absolute Gasteiger partial charge is 0.164 e. The number of aromatic nitrogens is 4. The van der Waals surface area contributed by atoms with E-state index in [-0.39, 0.29) is 0 Å². The topological polar surface area (TPSA) is 81.7 Å². The van der Waals surface area contributed by atoms with Crippen LogP contribution in [0.1, 0.15) is 0 Å². The van der Waals surface area contributed by atoms with Gasteiger partial charge in [0.25, 0.3) is 0 Å². The van der Waals surface area contributed by atoms with Crippen molar-refractivity contribution in [2.75, 3.05) is 5.43 Å². The van der Waals surface area contributed by atoms with E-state index in [1.165, 1.54) is 6.33 Å². The quantitative estimate of drug-likeness (QED) is 0.560. The molecule has 2 aromatic rings. The van der Waals surface area contributed by atoms with E-state index in [4.69, 9.17) is 5.84 Å². The van der Waals surface area contributed by atoms with Crippen molar-refractivity contribution in [1.82, 2.24) is 19.7 Å². The molecule has 3 N–H and O–H groups in total. The van der Waals surface area contributed by atoms with Crippen LogP contribution < -0.4 is 11.3 Å². The minimum Gasteiger partial charge on any atom is -0.308 e. The number of rotatable bonds is 1. The molecule has 2 aromatic heterocycles. The number of aryl methyl sites for hydroxylation is 1. The molecule has 0 atom stereocenters. The number of nitrogens with zero attached hydrogens (tertiary/aromatic N) is 4. The van der Waals surface area contributed by atoms with E-state index < -0.39 is 0 Å². The fourth-order valence-corrected chi connectivity index (χ4v) is 1.75. The van der Waals surface area contributed by atoms with Crippen LogP contribution >= 0.6 is 15.9 Å². The van der Waals surface area contributed by atoms with Gasteiger partial charge in [0.2, 0.25) is 0 Å². The van der Waals surface area contributed by atoms with Crippen LogP contribution in [-0.4, -0.2) is 19.7 Å². The average molecular weight is 243 g/mol.